The van der Waals surface area contributed by atoms with Gasteiger partial charge in [0.1, 0.15) is 5.82 Å². The third-order valence-corrected chi connectivity index (χ3v) is 1.86. The van der Waals surface area contributed by atoms with Crippen LogP contribution < -0.4 is 0 Å². The Hall–Kier alpha value is -1.38. The summed E-state index contributed by atoms with van der Waals surface area (Å²) >= 11 is 0. The molecule has 0 saturated carbocycles. The minimum atomic E-state index is 0.817. The lowest BCUT2D eigenvalue weighted by Gasteiger charge is -1.88. The standard InChI is InChI=1S/C9H11N3.2C2H6/c1-3-8-11-7-4-6(2)5-10-9(7)12-8;2*1-2/h4-5H,3H2,1-2H3,(H,10,11,12);2*1-2H3. The number of hydrogen-bond donors (Lipinski definition) is 1. The van der Waals surface area contributed by atoms with Gasteiger partial charge in [0.05, 0.1) is 5.52 Å². The van der Waals surface area contributed by atoms with Gasteiger partial charge in [-0.05, 0) is 18.6 Å². The van der Waals surface area contributed by atoms with Crippen LogP contribution in [-0.4, -0.2) is 15.0 Å². The number of nitrogens with zero attached hydrogens (tertiary/aromatic N) is 2. The summed E-state index contributed by atoms with van der Waals surface area (Å²) in [6.07, 6.45) is 2.76. The highest BCUT2D eigenvalue weighted by Crippen LogP contribution is 2.09. The lowest BCUT2D eigenvalue weighted by Crippen LogP contribution is -1.80. The molecule has 2 rings (SSSR count). The number of hydrogen-bond acceptors (Lipinski definition) is 2. The smallest absolute Gasteiger partial charge is 0.177 e. The largest absolute Gasteiger partial charge is 0.341 e. The fraction of sp³-hybridized carbons (Fsp3) is 0.538. The van der Waals surface area contributed by atoms with Crippen molar-refractivity contribution < 1.29 is 0 Å². The third-order valence-electron chi connectivity index (χ3n) is 1.86. The first-order valence-corrected chi connectivity index (χ1v) is 6.11. The van der Waals surface area contributed by atoms with Crippen molar-refractivity contribution in [2.45, 2.75) is 48.0 Å². The monoisotopic (exact) mass is 221 g/mol. The zero-order valence-electron chi connectivity index (χ0n) is 11.3. The minimum absolute atomic E-state index is 0.817. The van der Waals surface area contributed by atoms with Gasteiger partial charge in [-0.3, -0.25) is 0 Å². The summed E-state index contributed by atoms with van der Waals surface area (Å²) in [6.45, 7) is 12.1. The highest BCUT2D eigenvalue weighted by Gasteiger charge is 2.00. The molecule has 0 unspecified atom stereocenters. The molecule has 1 N–H and O–H groups in total. The SMILES string of the molecule is CC.CC.CCc1nc2ncc(C)cc2[nH]1. The van der Waals surface area contributed by atoms with Crippen LogP contribution in [0.1, 0.15) is 46.0 Å². The summed E-state index contributed by atoms with van der Waals surface area (Å²) in [5, 5.41) is 0. The Bertz CT molecular complexity index is 404. The van der Waals surface area contributed by atoms with Crippen LogP contribution in [0.25, 0.3) is 11.2 Å². The van der Waals surface area contributed by atoms with E-state index in [1.54, 1.807) is 0 Å². The second-order valence-electron chi connectivity index (χ2n) is 2.92. The van der Waals surface area contributed by atoms with E-state index in [4.69, 9.17) is 0 Å². The third kappa shape index (κ3) is 3.65. The molecule has 0 spiro atoms. The molecule has 0 aliphatic carbocycles. The molecule has 0 aliphatic rings. The highest BCUT2D eigenvalue weighted by atomic mass is 15.0. The molecule has 2 aromatic rings. The summed E-state index contributed by atoms with van der Waals surface area (Å²) < 4.78 is 0. The van der Waals surface area contributed by atoms with Crippen LogP contribution in [0.2, 0.25) is 0 Å². The maximum absolute atomic E-state index is 4.31. The number of H-pyrrole nitrogens is 1. The Morgan fingerprint density at radius 3 is 2.38 bits per heavy atom. The number of aromatic amines is 1. The van der Waals surface area contributed by atoms with E-state index in [0.717, 1.165) is 29.0 Å². The van der Waals surface area contributed by atoms with Crippen molar-refractivity contribution in [3.05, 3.63) is 23.7 Å². The molecule has 90 valence electrons. The maximum Gasteiger partial charge on any atom is 0.177 e. The van der Waals surface area contributed by atoms with E-state index < -0.39 is 0 Å². The summed E-state index contributed by atoms with van der Waals surface area (Å²) in [4.78, 5) is 11.7. The molecule has 0 aliphatic heterocycles. The molecule has 3 nitrogen and oxygen atoms in total. The van der Waals surface area contributed by atoms with Crippen molar-refractivity contribution in [1.29, 1.82) is 0 Å². The first-order chi connectivity index (χ1) is 7.79. The Balaban J connectivity index is 0.000000509. The lowest BCUT2D eigenvalue weighted by molar-refractivity contribution is 0.997. The quantitative estimate of drug-likeness (QED) is 0.794. The van der Waals surface area contributed by atoms with Gasteiger partial charge in [0.25, 0.3) is 0 Å². The summed E-state index contributed by atoms with van der Waals surface area (Å²) in [6, 6.07) is 2.06. The molecule has 0 saturated heterocycles. The fourth-order valence-corrected chi connectivity index (χ4v) is 1.22. The number of rotatable bonds is 1. The predicted octanol–water partition coefficient (Wildman–Crippen LogP) is 3.88. The van der Waals surface area contributed by atoms with Gasteiger partial charge in [0.15, 0.2) is 5.65 Å². The second kappa shape index (κ2) is 7.85. The van der Waals surface area contributed by atoms with Gasteiger partial charge in [-0.15, -0.1) is 0 Å². The molecule has 0 aromatic carbocycles. The molecule has 3 heteroatoms. The van der Waals surface area contributed by atoms with Crippen molar-refractivity contribution in [1.82, 2.24) is 15.0 Å². The van der Waals surface area contributed by atoms with E-state index in [-0.39, 0.29) is 0 Å². The lowest BCUT2D eigenvalue weighted by atomic mass is 10.3. The van der Waals surface area contributed by atoms with Gasteiger partial charge in [-0.1, -0.05) is 34.6 Å². The minimum Gasteiger partial charge on any atom is -0.341 e. The molecular formula is C13H23N3. The van der Waals surface area contributed by atoms with E-state index >= 15 is 0 Å². The number of nitrogens with one attached hydrogen (secondary N) is 1. The van der Waals surface area contributed by atoms with E-state index in [1.165, 1.54) is 0 Å². The van der Waals surface area contributed by atoms with Crippen LogP contribution in [0, 0.1) is 6.92 Å². The molecule has 0 atom stereocenters. The molecule has 0 fully saturated rings. The second-order valence-corrected chi connectivity index (χ2v) is 2.92. The molecule has 0 bridgehead atoms. The summed E-state index contributed by atoms with van der Waals surface area (Å²) in [5.41, 5.74) is 3.01. The average molecular weight is 221 g/mol. The van der Waals surface area contributed by atoms with Gasteiger partial charge in [0.2, 0.25) is 0 Å². The molecular weight excluding hydrogens is 198 g/mol. The van der Waals surface area contributed by atoms with Crippen LogP contribution in [0.5, 0.6) is 0 Å². The average Bonchev–Trinajstić information content (AvgIpc) is 2.76. The number of aromatic nitrogens is 3. The van der Waals surface area contributed by atoms with Gasteiger partial charge < -0.3 is 4.98 Å². The number of aryl methyl sites for hydroxylation is 2. The van der Waals surface area contributed by atoms with Crippen LogP contribution in [0.15, 0.2) is 12.3 Å². The first-order valence-electron chi connectivity index (χ1n) is 6.11. The summed E-state index contributed by atoms with van der Waals surface area (Å²) in [5.74, 6) is 1.00. The van der Waals surface area contributed by atoms with E-state index in [0.29, 0.717) is 0 Å². The topological polar surface area (TPSA) is 41.6 Å². The Morgan fingerprint density at radius 2 is 1.81 bits per heavy atom. The molecule has 2 heterocycles. The van der Waals surface area contributed by atoms with Crippen molar-refractivity contribution in [3.8, 4) is 0 Å². The van der Waals surface area contributed by atoms with Crippen molar-refractivity contribution in [2.24, 2.45) is 0 Å². The maximum atomic E-state index is 4.31. The van der Waals surface area contributed by atoms with Crippen LogP contribution >= 0.6 is 0 Å². The van der Waals surface area contributed by atoms with Gasteiger partial charge in [-0.25, -0.2) is 9.97 Å². The van der Waals surface area contributed by atoms with Gasteiger partial charge >= 0.3 is 0 Å². The number of imidazole rings is 1. The Morgan fingerprint density at radius 1 is 1.19 bits per heavy atom. The first kappa shape index (κ1) is 14.6. The molecule has 0 amide bonds. The van der Waals surface area contributed by atoms with E-state index in [2.05, 4.69) is 27.9 Å². The van der Waals surface area contributed by atoms with Gasteiger partial charge in [-0.2, -0.15) is 0 Å². The molecule has 0 radical (unpaired) electrons. The van der Waals surface area contributed by atoms with Crippen LogP contribution in [0.4, 0.5) is 0 Å². The predicted molar refractivity (Wildman–Crippen MR) is 70.7 cm³/mol. The van der Waals surface area contributed by atoms with E-state index in [9.17, 15) is 0 Å². The zero-order chi connectivity index (χ0) is 12.6. The van der Waals surface area contributed by atoms with Crippen molar-refractivity contribution >= 4 is 11.2 Å². The number of fused-ring (bicyclic) bond motifs is 1. The zero-order valence-corrected chi connectivity index (χ0v) is 11.3. The molecule has 16 heavy (non-hydrogen) atoms. The summed E-state index contributed by atoms with van der Waals surface area (Å²) in [7, 11) is 0. The Labute approximate surface area is 98.3 Å². The van der Waals surface area contributed by atoms with Crippen molar-refractivity contribution in [3.63, 3.8) is 0 Å². The normalized spacial score (nSPS) is 8.88. The van der Waals surface area contributed by atoms with Crippen molar-refractivity contribution in [2.75, 3.05) is 0 Å². The Kier molecular flexibility index (Phi) is 7.18. The van der Waals surface area contributed by atoms with Crippen LogP contribution in [-0.2, 0) is 6.42 Å². The van der Waals surface area contributed by atoms with Gasteiger partial charge in [0, 0.05) is 12.6 Å². The fourth-order valence-electron chi connectivity index (χ4n) is 1.22. The molecule has 2 aromatic heterocycles. The van der Waals surface area contributed by atoms with Crippen LogP contribution in [0.3, 0.4) is 0 Å². The van der Waals surface area contributed by atoms with E-state index in [1.807, 2.05) is 40.8 Å². The number of pyridine rings is 1. The highest BCUT2D eigenvalue weighted by molar-refractivity contribution is 5.70.